The number of anilines is 2. The molecule has 3 amide bonds. The molecule has 1 aliphatic carbocycles. The molecule has 1 heterocycles. The van der Waals surface area contributed by atoms with Crippen LogP contribution in [0.25, 0.3) is 0 Å². The van der Waals surface area contributed by atoms with Crippen LogP contribution in [-0.4, -0.2) is 65.9 Å². The van der Waals surface area contributed by atoms with Crippen LogP contribution in [0.3, 0.4) is 0 Å². The van der Waals surface area contributed by atoms with E-state index < -0.39 is 18.4 Å². The van der Waals surface area contributed by atoms with E-state index in [1.54, 1.807) is 43.3 Å². The van der Waals surface area contributed by atoms with Crippen molar-refractivity contribution in [2.75, 3.05) is 37.4 Å². The van der Waals surface area contributed by atoms with Crippen LogP contribution in [-0.2, 0) is 29.0 Å². The number of hydrogen-bond donors (Lipinski definition) is 4. The first-order valence-electron chi connectivity index (χ1n) is 12.2. The van der Waals surface area contributed by atoms with Gasteiger partial charge in [-0.2, -0.15) is 0 Å². The molecule has 11 nitrogen and oxygen atoms in total. The summed E-state index contributed by atoms with van der Waals surface area (Å²) in [7, 11) is 3.52. The molecule has 0 fully saturated rings. The van der Waals surface area contributed by atoms with E-state index in [4.69, 9.17) is 11.5 Å². The number of aliphatic carboxylic acids is 1. The second kappa shape index (κ2) is 13.6. The Hall–Kier alpha value is -4.13. The summed E-state index contributed by atoms with van der Waals surface area (Å²) in [5, 5.41) is 13.6. The van der Waals surface area contributed by atoms with E-state index in [-0.39, 0.29) is 35.9 Å². The van der Waals surface area contributed by atoms with Gasteiger partial charge in [0.1, 0.15) is 12.4 Å². The van der Waals surface area contributed by atoms with Gasteiger partial charge in [-0.1, -0.05) is 18.2 Å². The molecule has 6 N–H and O–H groups in total. The number of benzene rings is 2. The largest absolute Gasteiger partial charge is 0.480 e. The Balaban J connectivity index is 0.000000289. The number of amides is 3. The lowest BCUT2D eigenvalue weighted by Crippen LogP contribution is -2.36. The summed E-state index contributed by atoms with van der Waals surface area (Å²) in [4.78, 5) is 53.6. The highest BCUT2D eigenvalue weighted by Crippen LogP contribution is 2.25. The van der Waals surface area contributed by atoms with Gasteiger partial charge >= 0.3 is 5.97 Å². The maximum atomic E-state index is 12.8. The normalized spacial score (nSPS) is 11.8. The topological polar surface area (TPSA) is 172 Å². The Morgan fingerprint density at radius 1 is 1.03 bits per heavy atom. The predicted octanol–water partition coefficient (Wildman–Crippen LogP) is 2.11. The van der Waals surface area contributed by atoms with Gasteiger partial charge < -0.3 is 26.8 Å². The number of carbonyl (C=O) groups is 4. The number of hydrogen-bond acceptors (Lipinski definition) is 8. The highest BCUT2D eigenvalue weighted by Gasteiger charge is 2.23. The van der Waals surface area contributed by atoms with Crippen molar-refractivity contribution < 1.29 is 24.3 Å². The van der Waals surface area contributed by atoms with E-state index in [0.29, 0.717) is 11.1 Å². The molecular weight excluding hydrogens is 520 g/mol. The summed E-state index contributed by atoms with van der Waals surface area (Å²) in [5.74, 6) is -2.11. The van der Waals surface area contributed by atoms with Crippen molar-refractivity contribution in [3.8, 4) is 0 Å². The van der Waals surface area contributed by atoms with E-state index in [0.717, 1.165) is 34.6 Å². The smallest absolute Gasteiger partial charge is 0.323 e. The van der Waals surface area contributed by atoms with Gasteiger partial charge in [0.15, 0.2) is 5.13 Å². The van der Waals surface area contributed by atoms with Crippen molar-refractivity contribution in [2.24, 2.45) is 11.5 Å². The van der Waals surface area contributed by atoms with Gasteiger partial charge in [-0.3, -0.25) is 24.1 Å². The van der Waals surface area contributed by atoms with E-state index >= 15 is 0 Å². The lowest BCUT2D eigenvalue weighted by atomic mass is 10.1. The minimum Gasteiger partial charge on any atom is -0.480 e. The van der Waals surface area contributed by atoms with Gasteiger partial charge in [0.25, 0.3) is 5.91 Å². The van der Waals surface area contributed by atoms with Crippen LogP contribution in [0.4, 0.5) is 10.9 Å². The molecule has 0 bridgehead atoms. The first kappa shape index (κ1) is 29.4. The number of primary amides is 1. The Morgan fingerprint density at radius 2 is 1.77 bits per heavy atom. The number of carbonyl (C=O) groups excluding carboxylic acids is 3. The van der Waals surface area contributed by atoms with Crippen LogP contribution in [0.1, 0.15) is 43.8 Å². The molecule has 1 aromatic heterocycles. The Morgan fingerprint density at radius 3 is 2.44 bits per heavy atom. The van der Waals surface area contributed by atoms with Gasteiger partial charge in [-0.25, -0.2) is 4.98 Å². The zero-order valence-corrected chi connectivity index (χ0v) is 22.7. The quantitative estimate of drug-likeness (QED) is 0.312. The number of likely N-dealkylation sites (N-methyl/N-ethyl adjacent to an activating group) is 1. The van der Waals surface area contributed by atoms with E-state index in [1.165, 1.54) is 22.9 Å². The number of fused-ring (bicyclic) bond motifs is 1. The number of carboxylic acid groups (broad SMARTS) is 1. The fourth-order valence-electron chi connectivity index (χ4n) is 4.00. The summed E-state index contributed by atoms with van der Waals surface area (Å²) in [6.07, 6.45) is 3.45. The van der Waals surface area contributed by atoms with Gasteiger partial charge in [-0.05, 0) is 74.3 Å². The van der Waals surface area contributed by atoms with Crippen molar-refractivity contribution in [3.63, 3.8) is 0 Å². The number of carboxylic acids is 1. The van der Waals surface area contributed by atoms with Crippen molar-refractivity contribution in [1.29, 1.82) is 0 Å². The molecule has 2 aromatic carbocycles. The van der Waals surface area contributed by atoms with Crippen LogP contribution in [0.2, 0.25) is 0 Å². The van der Waals surface area contributed by atoms with Gasteiger partial charge in [0.2, 0.25) is 11.8 Å². The minimum atomic E-state index is -1.18. The van der Waals surface area contributed by atoms with E-state index in [1.807, 2.05) is 18.2 Å². The second-order valence-electron chi connectivity index (χ2n) is 9.19. The molecule has 0 unspecified atom stereocenters. The Bertz CT molecular complexity index is 1360. The minimum absolute atomic E-state index is 0.158. The first-order chi connectivity index (χ1) is 18.6. The second-order valence-corrected chi connectivity index (χ2v) is 10.0. The lowest BCUT2D eigenvalue weighted by Gasteiger charge is -2.18. The molecule has 4 rings (SSSR count). The summed E-state index contributed by atoms with van der Waals surface area (Å²) in [6, 6.07) is 12.4. The predicted molar refractivity (Wildman–Crippen MR) is 150 cm³/mol. The average molecular weight is 553 g/mol. The third-order valence-corrected chi connectivity index (χ3v) is 6.55. The Kier molecular flexibility index (Phi) is 10.3. The molecule has 0 saturated heterocycles. The highest BCUT2D eigenvalue weighted by molar-refractivity contribution is 7.14. The van der Waals surface area contributed by atoms with Crippen LogP contribution < -0.4 is 21.7 Å². The summed E-state index contributed by atoms with van der Waals surface area (Å²) < 4.78 is 0. The maximum Gasteiger partial charge on any atom is 0.323 e. The molecule has 0 spiro atoms. The molecule has 3 aromatic rings. The number of nitrogens with zero attached hydrogens (tertiary/aromatic N) is 3. The van der Waals surface area contributed by atoms with Crippen molar-refractivity contribution in [3.05, 3.63) is 75.7 Å². The zero-order valence-electron chi connectivity index (χ0n) is 21.8. The van der Waals surface area contributed by atoms with Gasteiger partial charge in [0.05, 0.1) is 6.54 Å². The van der Waals surface area contributed by atoms with Crippen LogP contribution in [0.15, 0.2) is 47.8 Å². The number of aryl methyl sites for hydroxylation is 2. The number of nitrogens with two attached hydrogens (primary N) is 2. The standard InChI is InChI=1S/C17H21N5O4S.C10H11NO/c1-21(2)8-14(23)20-17-19-13(10-27-17)22(9-15(24)25)16(26)12-5-3-4-11(6-12)7-18;11-10(12)9-5-4-7-2-1-3-8(7)6-9/h3-6,10H,7-9,18H2,1-2H3,(H,24,25)(H,19,20,23);4-6H,1-3H2,(H2,11,12). The van der Waals surface area contributed by atoms with Crippen LogP contribution in [0.5, 0.6) is 0 Å². The molecule has 0 radical (unpaired) electrons. The number of thiazole rings is 1. The summed E-state index contributed by atoms with van der Waals surface area (Å²) >= 11 is 1.11. The average Bonchev–Trinajstić information content (AvgIpc) is 3.55. The lowest BCUT2D eigenvalue weighted by molar-refractivity contribution is -0.135. The monoisotopic (exact) mass is 552 g/mol. The van der Waals surface area contributed by atoms with Crippen molar-refractivity contribution in [2.45, 2.75) is 25.8 Å². The van der Waals surface area contributed by atoms with Crippen molar-refractivity contribution in [1.82, 2.24) is 9.88 Å². The maximum absolute atomic E-state index is 12.8. The van der Waals surface area contributed by atoms with Crippen LogP contribution in [0, 0.1) is 0 Å². The van der Waals surface area contributed by atoms with Crippen molar-refractivity contribution >= 4 is 46.0 Å². The van der Waals surface area contributed by atoms with Crippen LogP contribution >= 0.6 is 11.3 Å². The molecule has 39 heavy (non-hydrogen) atoms. The molecule has 1 aliphatic rings. The van der Waals surface area contributed by atoms with Gasteiger partial charge in [0, 0.05) is 23.1 Å². The third-order valence-electron chi connectivity index (χ3n) is 5.81. The molecule has 12 heteroatoms. The fourth-order valence-corrected chi connectivity index (χ4v) is 4.71. The summed E-state index contributed by atoms with van der Waals surface area (Å²) in [6.45, 7) is -0.113. The molecule has 0 atom stereocenters. The molecule has 0 aliphatic heterocycles. The zero-order chi connectivity index (χ0) is 28.5. The molecular formula is C27H32N6O5S. The summed E-state index contributed by atoms with van der Waals surface area (Å²) in [5.41, 5.74) is 15.1. The highest BCUT2D eigenvalue weighted by atomic mass is 32.1. The number of nitrogens with one attached hydrogen (secondary N) is 1. The van der Waals surface area contributed by atoms with Gasteiger partial charge in [-0.15, -0.1) is 11.3 Å². The molecule has 0 saturated carbocycles. The fraction of sp³-hybridized carbons (Fsp3) is 0.296. The number of aromatic nitrogens is 1. The SMILES string of the molecule is CN(C)CC(=O)Nc1nc(N(CC(=O)O)C(=O)c2cccc(CN)c2)cs1.NC(=O)c1ccc2c(c1)CCC2. The molecule has 206 valence electrons. The first-order valence-corrected chi connectivity index (χ1v) is 13.1. The number of rotatable bonds is 9. The van der Waals surface area contributed by atoms with E-state index in [2.05, 4.69) is 10.3 Å². The van der Waals surface area contributed by atoms with E-state index in [9.17, 15) is 24.3 Å². The Labute approximate surface area is 230 Å². The third kappa shape index (κ3) is 8.43.